The third-order valence-electron chi connectivity index (χ3n) is 3.64. The molecule has 0 heterocycles. The van der Waals surface area contributed by atoms with Crippen molar-refractivity contribution >= 4 is 21.6 Å². The van der Waals surface area contributed by atoms with Crippen LogP contribution in [0.3, 0.4) is 0 Å². The molecule has 0 saturated carbocycles. The maximum Gasteiger partial charge on any atom is 0.0432 e. The van der Waals surface area contributed by atoms with E-state index in [2.05, 4.69) is 71.1 Å². The minimum atomic E-state index is 0.543. The van der Waals surface area contributed by atoms with Crippen molar-refractivity contribution in [3.63, 3.8) is 0 Å². The second-order valence-corrected chi connectivity index (χ2v) is 5.74. The van der Waals surface area contributed by atoms with Gasteiger partial charge in [-0.25, -0.2) is 0 Å². The molecule has 0 aliphatic carbocycles. The number of anilines is 1. The van der Waals surface area contributed by atoms with E-state index in [1.165, 1.54) is 22.4 Å². The summed E-state index contributed by atoms with van der Waals surface area (Å²) >= 11 is 3.60. The summed E-state index contributed by atoms with van der Waals surface area (Å²) in [5, 5.41) is 0. The highest BCUT2D eigenvalue weighted by molar-refractivity contribution is 9.10. The molecule has 0 aliphatic heterocycles. The van der Waals surface area contributed by atoms with Crippen molar-refractivity contribution in [1.29, 1.82) is 0 Å². The molecule has 106 valence electrons. The van der Waals surface area contributed by atoms with Crippen molar-refractivity contribution in [3.8, 4) is 0 Å². The Bertz CT molecular complexity index is 581. The number of rotatable bonds is 5. The first kappa shape index (κ1) is 15.1. The lowest BCUT2D eigenvalue weighted by Crippen LogP contribution is -2.24. The fourth-order valence-electron chi connectivity index (χ4n) is 2.41. The SMILES string of the molecule is CCN(Cc1ccccc1C)c1cccc(Br)c1CN. The lowest BCUT2D eigenvalue weighted by molar-refractivity contribution is 0.816. The first-order valence-electron chi connectivity index (χ1n) is 6.94. The highest BCUT2D eigenvalue weighted by Crippen LogP contribution is 2.28. The third-order valence-corrected chi connectivity index (χ3v) is 4.39. The molecule has 0 saturated heterocycles. The number of halogens is 1. The molecule has 0 unspecified atom stereocenters. The van der Waals surface area contributed by atoms with Gasteiger partial charge in [-0.15, -0.1) is 0 Å². The molecule has 0 fully saturated rings. The number of hydrogen-bond acceptors (Lipinski definition) is 2. The van der Waals surface area contributed by atoms with Crippen LogP contribution < -0.4 is 10.6 Å². The maximum atomic E-state index is 5.91. The Hall–Kier alpha value is -1.32. The van der Waals surface area contributed by atoms with E-state index < -0.39 is 0 Å². The average molecular weight is 333 g/mol. The second-order valence-electron chi connectivity index (χ2n) is 4.88. The zero-order chi connectivity index (χ0) is 14.5. The molecule has 0 aromatic heterocycles. The van der Waals surface area contributed by atoms with Crippen LogP contribution in [0.5, 0.6) is 0 Å². The Morgan fingerprint density at radius 1 is 1.10 bits per heavy atom. The van der Waals surface area contributed by atoms with Crippen LogP contribution in [0.2, 0.25) is 0 Å². The first-order chi connectivity index (χ1) is 9.67. The fraction of sp³-hybridized carbons (Fsp3) is 0.294. The monoisotopic (exact) mass is 332 g/mol. The van der Waals surface area contributed by atoms with Gasteiger partial charge in [0.05, 0.1) is 0 Å². The van der Waals surface area contributed by atoms with Gasteiger partial charge in [0, 0.05) is 35.4 Å². The predicted octanol–water partition coefficient (Wildman–Crippen LogP) is 4.24. The molecule has 3 heteroatoms. The van der Waals surface area contributed by atoms with Gasteiger partial charge in [0.1, 0.15) is 0 Å². The maximum absolute atomic E-state index is 5.91. The second kappa shape index (κ2) is 6.91. The van der Waals surface area contributed by atoms with E-state index in [-0.39, 0.29) is 0 Å². The summed E-state index contributed by atoms with van der Waals surface area (Å²) in [5.74, 6) is 0. The van der Waals surface area contributed by atoms with Gasteiger partial charge >= 0.3 is 0 Å². The molecule has 0 radical (unpaired) electrons. The van der Waals surface area contributed by atoms with Crippen LogP contribution >= 0.6 is 15.9 Å². The molecular formula is C17H21BrN2. The highest BCUT2D eigenvalue weighted by atomic mass is 79.9. The smallest absolute Gasteiger partial charge is 0.0432 e. The minimum absolute atomic E-state index is 0.543. The van der Waals surface area contributed by atoms with E-state index in [9.17, 15) is 0 Å². The van der Waals surface area contributed by atoms with Crippen LogP contribution in [0.25, 0.3) is 0 Å². The van der Waals surface area contributed by atoms with Crippen LogP contribution in [0.4, 0.5) is 5.69 Å². The van der Waals surface area contributed by atoms with E-state index in [0.29, 0.717) is 6.54 Å². The number of aryl methyl sites for hydroxylation is 1. The van der Waals surface area contributed by atoms with E-state index in [0.717, 1.165) is 17.6 Å². The molecule has 0 amide bonds. The fourth-order valence-corrected chi connectivity index (χ4v) is 2.92. The van der Waals surface area contributed by atoms with E-state index in [1.807, 2.05) is 6.07 Å². The van der Waals surface area contributed by atoms with Crippen molar-refractivity contribution in [2.45, 2.75) is 26.9 Å². The largest absolute Gasteiger partial charge is 0.367 e. The lowest BCUT2D eigenvalue weighted by atomic mass is 10.1. The summed E-state index contributed by atoms with van der Waals surface area (Å²) in [4.78, 5) is 2.37. The van der Waals surface area contributed by atoms with Crippen LogP contribution in [0.1, 0.15) is 23.6 Å². The quantitative estimate of drug-likeness (QED) is 0.887. The van der Waals surface area contributed by atoms with Crippen LogP contribution in [0, 0.1) is 6.92 Å². The van der Waals surface area contributed by atoms with Crippen molar-refractivity contribution in [2.24, 2.45) is 5.73 Å². The summed E-state index contributed by atoms with van der Waals surface area (Å²) in [7, 11) is 0. The van der Waals surface area contributed by atoms with Gasteiger partial charge in [-0.1, -0.05) is 46.3 Å². The molecule has 0 bridgehead atoms. The van der Waals surface area contributed by atoms with E-state index >= 15 is 0 Å². The highest BCUT2D eigenvalue weighted by Gasteiger charge is 2.12. The number of nitrogens with two attached hydrogens (primary N) is 1. The molecule has 20 heavy (non-hydrogen) atoms. The van der Waals surface area contributed by atoms with Crippen LogP contribution in [0.15, 0.2) is 46.9 Å². The van der Waals surface area contributed by atoms with Gasteiger partial charge in [0.15, 0.2) is 0 Å². The third kappa shape index (κ3) is 3.22. The average Bonchev–Trinajstić information content (AvgIpc) is 2.46. The molecular weight excluding hydrogens is 312 g/mol. The molecule has 2 aromatic rings. The zero-order valence-corrected chi connectivity index (χ0v) is 13.7. The van der Waals surface area contributed by atoms with Crippen molar-refractivity contribution in [3.05, 3.63) is 63.6 Å². The number of benzene rings is 2. The van der Waals surface area contributed by atoms with Crippen LogP contribution in [-0.4, -0.2) is 6.54 Å². The Morgan fingerprint density at radius 3 is 2.50 bits per heavy atom. The van der Waals surface area contributed by atoms with Gasteiger partial charge in [-0.3, -0.25) is 0 Å². The summed E-state index contributed by atoms with van der Waals surface area (Å²) in [6, 6.07) is 14.8. The topological polar surface area (TPSA) is 29.3 Å². The lowest BCUT2D eigenvalue weighted by Gasteiger charge is -2.27. The first-order valence-corrected chi connectivity index (χ1v) is 7.73. The van der Waals surface area contributed by atoms with Gasteiger partial charge < -0.3 is 10.6 Å². The molecule has 2 nitrogen and oxygen atoms in total. The Morgan fingerprint density at radius 2 is 1.85 bits per heavy atom. The van der Waals surface area contributed by atoms with E-state index in [4.69, 9.17) is 5.73 Å². The van der Waals surface area contributed by atoms with Gasteiger partial charge in [0.25, 0.3) is 0 Å². The summed E-state index contributed by atoms with van der Waals surface area (Å²) in [6.45, 7) is 6.75. The molecule has 2 aromatic carbocycles. The van der Waals surface area contributed by atoms with Gasteiger partial charge in [-0.2, -0.15) is 0 Å². The van der Waals surface area contributed by atoms with Gasteiger partial charge in [0.2, 0.25) is 0 Å². The molecule has 0 aliphatic rings. The summed E-state index contributed by atoms with van der Waals surface area (Å²) in [5.41, 5.74) is 11.0. The Labute approximate surface area is 129 Å². The van der Waals surface area contributed by atoms with Crippen molar-refractivity contribution < 1.29 is 0 Å². The zero-order valence-electron chi connectivity index (χ0n) is 12.1. The molecule has 0 atom stereocenters. The molecule has 2 N–H and O–H groups in total. The Kier molecular flexibility index (Phi) is 5.21. The summed E-state index contributed by atoms with van der Waals surface area (Å²) < 4.78 is 1.08. The minimum Gasteiger partial charge on any atom is -0.367 e. The summed E-state index contributed by atoms with van der Waals surface area (Å²) in [6.07, 6.45) is 0. The van der Waals surface area contributed by atoms with Gasteiger partial charge in [-0.05, 0) is 37.1 Å². The standard InChI is InChI=1S/C17H21BrN2/c1-3-20(12-14-8-5-4-7-13(14)2)17-10-6-9-16(18)15(17)11-19/h4-10H,3,11-12,19H2,1-2H3. The molecule has 0 spiro atoms. The number of nitrogens with zero attached hydrogens (tertiary/aromatic N) is 1. The normalized spacial score (nSPS) is 10.6. The predicted molar refractivity (Wildman–Crippen MR) is 89.9 cm³/mol. The van der Waals surface area contributed by atoms with E-state index in [1.54, 1.807) is 0 Å². The van der Waals surface area contributed by atoms with Crippen LogP contribution in [-0.2, 0) is 13.1 Å². The number of hydrogen-bond donors (Lipinski definition) is 1. The Balaban J connectivity index is 2.34. The molecule has 2 rings (SSSR count). The van der Waals surface area contributed by atoms with Crippen molar-refractivity contribution in [1.82, 2.24) is 0 Å². The van der Waals surface area contributed by atoms with Crippen molar-refractivity contribution in [2.75, 3.05) is 11.4 Å².